The number of hydrogen-bond donors (Lipinski definition) is 1. The molecule has 2 saturated heterocycles. The van der Waals surface area contributed by atoms with Crippen molar-refractivity contribution in [3.8, 4) is 11.3 Å². The first-order valence-corrected chi connectivity index (χ1v) is 11.1. The largest absolute Gasteiger partial charge is 0.381 e. The standard InChI is InChI=1S/C23H30FN5O2/c1-28-12-18(10-20(24)23(28)30)21-2-3-22(27-26-21)25-19-8-16-13-29(14-17(16)9-19)11-15-4-6-31-7-5-15/h2-3,10,12,15-17,19H,4-9,11,13-14H2,1H3,(H,25,27)/t16-,17+,19?/i11D2. The molecule has 1 N–H and O–H groups in total. The Morgan fingerprint density at radius 2 is 1.97 bits per heavy atom. The van der Waals surface area contributed by atoms with Crippen molar-refractivity contribution >= 4 is 5.82 Å². The van der Waals surface area contributed by atoms with Crippen molar-refractivity contribution in [3.05, 3.63) is 40.6 Å². The van der Waals surface area contributed by atoms with Gasteiger partial charge in [-0.25, -0.2) is 4.39 Å². The summed E-state index contributed by atoms with van der Waals surface area (Å²) in [6.07, 6.45) is 5.11. The van der Waals surface area contributed by atoms with E-state index in [9.17, 15) is 9.18 Å². The normalized spacial score (nSPS) is 28.3. The molecule has 0 bridgehead atoms. The van der Waals surface area contributed by atoms with Gasteiger partial charge in [0, 0.05) is 60.4 Å². The number of halogens is 1. The number of fused-ring (bicyclic) bond motifs is 1. The summed E-state index contributed by atoms with van der Waals surface area (Å²) in [5, 5.41) is 11.9. The zero-order valence-electron chi connectivity index (χ0n) is 19.8. The fourth-order valence-corrected chi connectivity index (χ4v) is 5.19. The molecule has 8 heteroatoms. The van der Waals surface area contributed by atoms with Crippen LogP contribution in [0.4, 0.5) is 10.2 Å². The molecule has 4 heterocycles. The Balaban J connectivity index is 1.18. The number of likely N-dealkylation sites (tertiary alicyclic amines) is 1. The Bertz CT molecular complexity index is 1020. The summed E-state index contributed by atoms with van der Waals surface area (Å²) in [4.78, 5) is 13.6. The van der Waals surface area contributed by atoms with Gasteiger partial charge in [-0.2, -0.15) is 0 Å². The molecule has 0 spiro atoms. The highest BCUT2D eigenvalue weighted by Crippen LogP contribution is 2.39. The average Bonchev–Trinajstić information content (AvgIpc) is 3.37. The summed E-state index contributed by atoms with van der Waals surface area (Å²) in [5.74, 6) is 0.875. The van der Waals surface area contributed by atoms with Crippen LogP contribution in [0.2, 0.25) is 0 Å². The molecule has 0 amide bonds. The van der Waals surface area contributed by atoms with E-state index < -0.39 is 17.9 Å². The summed E-state index contributed by atoms with van der Waals surface area (Å²) in [6.45, 7) is 1.66. The molecule has 2 aliphatic heterocycles. The molecule has 3 fully saturated rings. The molecule has 7 nitrogen and oxygen atoms in total. The van der Waals surface area contributed by atoms with Crippen molar-refractivity contribution in [1.82, 2.24) is 19.7 Å². The monoisotopic (exact) mass is 429 g/mol. The van der Waals surface area contributed by atoms with Crippen LogP contribution in [-0.2, 0) is 11.8 Å². The Morgan fingerprint density at radius 1 is 1.23 bits per heavy atom. The van der Waals surface area contributed by atoms with Crippen LogP contribution in [0.25, 0.3) is 11.3 Å². The lowest BCUT2D eigenvalue weighted by Crippen LogP contribution is -2.32. The number of ether oxygens (including phenoxy) is 1. The number of aryl methyl sites for hydroxylation is 1. The van der Waals surface area contributed by atoms with Crippen molar-refractivity contribution in [2.75, 3.05) is 38.1 Å². The molecule has 0 radical (unpaired) electrons. The van der Waals surface area contributed by atoms with Gasteiger partial charge in [-0.05, 0) is 61.6 Å². The number of nitrogens with one attached hydrogen (secondary N) is 1. The Morgan fingerprint density at radius 3 is 2.61 bits per heavy atom. The fraction of sp³-hybridized carbons (Fsp3) is 0.609. The zero-order chi connectivity index (χ0) is 23.2. The minimum absolute atomic E-state index is 0.0493. The number of anilines is 1. The van der Waals surface area contributed by atoms with Gasteiger partial charge in [-0.1, -0.05) is 0 Å². The lowest BCUT2D eigenvalue weighted by atomic mass is 10.00. The van der Waals surface area contributed by atoms with Crippen LogP contribution < -0.4 is 10.9 Å². The van der Waals surface area contributed by atoms with Crippen LogP contribution in [0.5, 0.6) is 0 Å². The summed E-state index contributed by atoms with van der Waals surface area (Å²) in [6, 6.07) is 5.07. The number of nitrogens with zero attached hydrogens (tertiary/aromatic N) is 4. The van der Waals surface area contributed by atoms with Gasteiger partial charge in [0.1, 0.15) is 5.82 Å². The highest BCUT2D eigenvalue weighted by atomic mass is 19.1. The van der Waals surface area contributed by atoms with Crippen LogP contribution in [0.1, 0.15) is 28.4 Å². The van der Waals surface area contributed by atoms with E-state index in [0.29, 0.717) is 42.1 Å². The van der Waals surface area contributed by atoms with Crippen molar-refractivity contribution in [2.45, 2.75) is 31.7 Å². The molecule has 0 aromatic carbocycles. The Kier molecular flexibility index (Phi) is 5.11. The van der Waals surface area contributed by atoms with Gasteiger partial charge in [0.25, 0.3) is 5.56 Å². The first kappa shape index (κ1) is 18.3. The van der Waals surface area contributed by atoms with Crippen LogP contribution in [-0.4, -0.2) is 58.5 Å². The van der Waals surface area contributed by atoms with Crippen LogP contribution in [0, 0.1) is 23.6 Å². The molecular weight excluding hydrogens is 397 g/mol. The van der Waals surface area contributed by atoms with Crippen molar-refractivity contribution in [3.63, 3.8) is 0 Å². The molecule has 3 aliphatic rings. The third kappa shape index (κ3) is 4.50. The van der Waals surface area contributed by atoms with Gasteiger partial charge in [0.15, 0.2) is 5.82 Å². The summed E-state index contributed by atoms with van der Waals surface area (Å²) in [7, 11) is 1.51. The molecule has 1 unspecified atom stereocenters. The van der Waals surface area contributed by atoms with E-state index in [1.807, 2.05) is 6.07 Å². The maximum Gasteiger partial charge on any atom is 0.286 e. The van der Waals surface area contributed by atoms with Crippen molar-refractivity contribution in [1.29, 1.82) is 0 Å². The molecule has 1 saturated carbocycles. The molecule has 2 aromatic rings. The molecule has 1 aliphatic carbocycles. The number of rotatable bonds is 5. The summed E-state index contributed by atoms with van der Waals surface area (Å²) in [5.41, 5.74) is 0.337. The van der Waals surface area contributed by atoms with E-state index >= 15 is 0 Å². The van der Waals surface area contributed by atoms with E-state index in [-0.39, 0.29) is 12.0 Å². The van der Waals surface area contributed by atoms with Gasteiger partial charge < -0.3 is 19.5 Å². The van der Waals surface area contributed by atoms with E-state index in [1.165, 1.54) is 17.7 Å². The minimum Gasteiger partial charge on any atom is -0.381 e. The molecule has 166 valence electrons. The van der Waals surface area contributed by atoms with Crippen LogP contribution >= 0.6 is 0 Å². The SMILES string of the molecule is [2H]C([2H])(C1CCOCC1)N1C[C@H]2CC(Nc3ccc(-c4cc(F)c(=O)n(C)c4)nn3)C[C@H]2C1. The molecule has 2 aromatic heterocycles. The Labute approximate surface area is 184 Å². The molecule has 31 heavy (non-hydrogen) atoms. The lowest BCUT2D eigenvalue weighted by molar-refractivity contribution is 0.0545. The van der Waals surface area contributed by atoms with Crippen molar-refractivity contribution in [2.24, 2.45) is 24.8 Å². The van der Waals surface area contributed by atoms with E-state index in [1.54, 1.807) is 12.3 Å². The second kappa shape index (κ2) is 8.67. The average molecular weight is 430 g/mol. The molecule has 3 atom stereocenters. The predicted molar refractivity (Wildman–Crippen MR) is 116 cm³/mol. The van der Waals surface area contributed by atoms with Crippen LogP contribution in [0.3, 0.4) is 0 Å². The zero-order valence-corrected chi connectivity index (χ0v) is 17.8. The maximum absolute atomic E-state index is 13.8. The van der Waals surface area contributed by atoms with Gasteiger partial charge in [-0.3, -0.25) is 4.79 Å². The maximum atomic E-state index is 13.8. The van der Waals surface area contributed by atoms with Gasteiger partial charge in [0.2, 0.25) is 0 Å². The summed E-state index contributed by atoms with van der Waals surface area (Å²) >= 11 is 0. The highest BCUT2D eigenvalue weighted by Gasteiger charge is 2.41. The minimum atomic E-state index is -1.27. The highest BCUT2D eigenvalue weighted by molar-refractivity contribution is 5.58. The molecule has 5 rings (SSSR count). The van der Waals surface area contributed by atoms with E-state index in [4.69, 9.17) is 7.48 Å². The van der Waals surface area contributed by atoms with E-state index in [0.717, 1.165) is 38.8 Å². The van der Waals surface area contributed by atoms with Gasteiger partial charge in [-0.15, -0.1) is 10.2 Å². The number of aromatic nitrogens is 3. The lowest BCUT2D eigenvalue weighted by Gasteiger charge is -2.27. The topological polar surface area (TPSA) is 72.3 Å². The second-order valence-corrected chi connectivity index (χ2v) is 9.05. The second-order valence-electron chi connectivity index (χ2n) is 9.05. The number of pyridine rings is 1. The smallest absolute Gasteiger partial charge is 0.286 e. The van der Waals surface area contributed by atoms with Gasteiger partial charge in [0.05, 0.1) is 5.69 Å². The fourth-order valence-electron chi connectivity index (χ4n) is 5.19. The summed E-state index contributed by atoms with van der Waals surface area (Å²) < 4.78 is 37.8. The third-order valence-corrected chi connectivity index (χ3v) is 6.79. The Hall–Kier alpha value is -2.32. The quantitative estimate of drug-likeness (QED) is 0.788. The van der Waals surface area contributed by atoms with Gasteiger partial charge >= 0.3 is 0 Å². The van der Waals surface area contributed by atoms with E-state index in [2.05, 4.69) is 20.4 Å². The van der Waals surface area contributed by atoms with Crippen LogP contribution in [0.15, 0.2) is 29.2 Å². The first-order valence-electron chi connectivity index (χ1n) is 12.1. The molecular formula is C23H30FN5O2. The predicted octanol–water partition coefficient (Wildman–Crippen LogP) is 2.53. The first-order chi connectivity index (χ1) is 15.8. The third-order valence-electron chi connectivity index (χ3n) is 6.79. The number of hydrogen-bond acceptors (Lipinski definition) is 6. The van der Waals surface area contributed by atoms with Crippen molar-refractivity contribution < 1.29 is 11.9 Å².